The van der Waals surface area contributed by atoms with Crippen LogP contribution in [-0.4, -0.2) is 6.61 Å². The average molecular weight is 250 g/mol. The third-order valence-corrected chi connectivity index (χ3v) is 3.04. The molecule has 0 spiro atoms. The second kappa shape index (κ2) is 4.70. The van der Waals surface area contributed by atoms with Gasteiger partial charge in [-0.05, 0) is 17.7 Å². The fourth-order valence-electron chi connectivity index (χ4n) is 1.48. The zero-order valence-electron chi connectivity index (χ0n) is 8.25. The third kappa shape index (κ3) is 2.73. The van der Waals surface area contributed by atoms with Gasteiger partial charge in [0.2, 0.25) is 0 Å². The van der Waals surface area contributed by atoms with Crippen molar-refractivity contribution in [2.24, 2.45) is 0 Å². The summed E-state index contributed by atoms with van der Waals surface area (Å²) in [5.41, 5.74) is 0.134. The monoisotopic (exact) mass is 250 g/mol. The third-order valence-electron chi connectivity index (χ3n) is 2.34. The maximum absolute atomic E-state index is 12.3. The molecule has 0 saturated carbocycles. The minimum absolute atomic E-state index is 0.0283. The van der Waals surface area contributed by atoms with Crippen LogP contribution >= 0.6 is 9.03 Å². The molecule has 88 valence electrons. The summed E-state index contributed by atoms with van der Waals surface area (Å²) in [6.07, 6.45) is -3.75. The van der Waals surface area contributed by atoms with Gasteiger partial charge in [-0.15, -0.1) is 0 Å². The molecule has 0 amide bonds. The van der Waals surface area contributed by atoms with Crippen LogP contribution in [0.3, 0.4) is 0 Å². The van der Waals surface area contributed by atoms with Crippen LogP contribution in [0.2, 0.25) is 0 Å². The second-order valence-electron chi connectivity index (χ2n) is 3.45. The molecule has 0 radical (unpaired) electrons. The van der Waals surface area contributed by atoms with E-state index in [2.05, 4.69) is 0 Å². The van der Waals surface area contributed by atoms with Crippen LogP contribution < -0.4 is 0 Å². The van der Waals surface area contributed by atoms with Crippen molar-refractivity contribution in [2.75, 3.05) is 6.61 Å². The van der Waals surface area contributed by atoms with E-state index < -0.39 is 11.7 Å². The molecule has 6 heteroatoms. The highest BCUT2D eigenvalue weighted by Crippen LogP contribution is 2.36. The lowest BCUT2D eigenvalue weighted by Crippen LogP contribution is -2.09. The first kappa shape index (κ1) is 11.8. The maximum Gasteiger partial charge on any atom is 0.416 e. The van der Waals surface area contributed by atoms with E-state index in [-0.39, 0.29) is 15.1 Å². The summed E-state index contributed by atoms with van der Waals surface area (Å²) in [5, 5.41) is 0. The standard InChI is InChI=1S/C10H10F3O2P/c11-10(12,13)8-3-1-7(2-4-8)9-5-6-14-16-15-9/h1-4,9,16H,5-6H2/t9-/m0/s1. The number of alkyl halides is 3. The van der Waals surface area contributed by atoms with Crippen LogP contribution in [0.25, 0.3) is 0 Å². The van der Waals surface area contributed by atoms with Crippen molar-refractivity contribution in [1.82, 2.24) is 0 Å². The Morgan fingerprint density at radius 1 is 1.19 bits per heavy atom. The van der Waals surface area contributed by atoms with Gasteiger partial charge >= 0.3 is 6.18 Å². The molecule has 1 saturated heterocycles. The van der Waals surface area contributed by atoms with E-state index in [9.17, 15) is 13.2 Å². The molecule has 2 atom stereocenters. The SMILES string of the molecule is FC(F)(F)c1ccc([C@@H]2CCOPO2)cc1. The Labute approximate surface area is 92.7 Å². The zero-order chi connectivity index (χ0) is 11.6. The zero-order valence-corrected chi connectivity index (χ0v) is 9.25. The van der Waals surface area contributed by atoms with Gasteiger partial charge in [-0.25, -0.2) is 0 Å². The van der Waals surface area contributed by atoms with Gasteiger partial charge in [-0.1, -0.05) is 12.1 Å². The molecule has 0 bridgehead atoms. The molecule has 1 aliphatic rings. The molecule has 1 unspecified atom stereocenters. The van der Waals surface area contributed by atoms with E-state index in [4.69, 9.17) is 9.05 Å². The van der Waals surface area contributed by atoms with Gasteiger partial charge in [0.05, 0.1) is 18.3 Å². The Morgan fingerprint density at radius 3 is 2.38 bits per heavy atom. The van der Waals surface area contributed by atoms with Crippen LogP contribution in [0.4, 0.5) is 13.2 Å². The molecule has 1 heterocycles. The molecule has 1 aliphatic heterocycles. The second-order valence-corrected chi connectivity index (χ2v) is 4.14. The summed E-state index contributed by atoms with van der Waals surface area (Å²) in [6.45, 7) is 0.587. The molecule has 1 aromatic rings. The molecule has 2 rings (SSSR count). The summed E-state index contributed by atoms with van der Waals surface area (Å²) in [4.78, 5) is 0. The predicted octanol–water partition coefficient (Wildman–Crippen LogP) is 3.69. The quantitative estimate of drug-likeness (QED) is 0.707. The van der Waals surface area contributed by atoms with Crippen LogP contribution in [0.5, 0.6) is 0 Å². The highest BCUT2D eigenvalue weighted by atomic mass is 31.1. The Bertz CT molecular complexity index is 344. The average Bonchev–Trinajstić information content (AvgIpc) is 2.29. The molecule has 16 heavy (non-hydrogen) atoms. The minimum atomic E-state index is -4.28. The molecule has 2 nitrogen and oxygen atoms in total. The highest BCUT2D eigenvalue weighted by Gasteiger charge is 2.30. The number of rotatable bonds is 1. The highest BCUT2D eigenvalue weighted by molar-refractivity contribution is 7.26. The molecule has 0 N–H and O–H groups in total. The van der Waals surface area contributed by atoms with Gasteiger partial charge in [0.1, 0.15) is 0 Å². The van der Waals surface area contributed by atoms with Crippen LogP contribution in [0.15, 0.2) is 24.3 Å². The van der Waals surface area contributed by atoms with E-state index in [1.807, 2.05) is 0 Å². The van der Waals surface area contributed by atoms with Crippen molar-refractivity contribution in [3.05, 3.63) is 35.4 Å². The number of benzene rings is 1. The molecule has 0 aromatic heterocycles. The van der Waals surface area contributed by atoms with Crippen molar-refractivity contribution in [3.8, 4) is 0 Å². The Hall–Kier alpha value is -0.640. The first-order valence-electron chi connectivity index (χ1n) is 4.77. The van der Waals surface area contributed by atoms with E-state index in [0.717, 1.165) is 17.7 Å². The number of halogens is 3. The lowest BCUT2D eigenvalue weighted by atomic mass is 10.0. The number of hydrogen-bond donors (Lipinski definition) is 0. The van der Waals surface area contributed by atoms with Gasteiger partial charge in [0.25, 0.3) is 0 Å². The normalized spacial score (nSPS) is 23.6. The fraction of sp³-hybridized carbons (Fsp3) is 0.400. The molecule has 0 aliphatic carbocycles. The lowest BCUT2D eigenvalue weighted by molar-refractivity contribution is -0.137. The summed E-state index contributed by atoms with van der Waals surface area (Å²) in [6, 6.07) is 5.08. The smallest absolute Gasteiger partial charge is 0.336 e. The van der Waals surface area contributed by atoms with E-state index in [0.29, 0.717) is 13.0 Å². The molecular formula is C10H10F3O2P. The largest absolute Gasteiger partial charge is 0.416 e. The molecule has 1 fully saturated rings. The van der Waals surface area contributed by atoms with Crippen molar-refractivity contribution < 1.29 is 22.2 Å². The minimum Gasteiger partial charge on any atom is -0.336 e. The summed E-state index contributed by atoms with van der Waals surface area (Å²) in [5.74, 6) is 0. The van der Waals surface area contributed by atoms with Gasteiger partial charge in [0, 0.05) is 6.42 Å². The van der Waals surface area contributed by atoms with Crippen molar-refractivity contribution in [3.63, 3.8) is 0 Å². The van der Waals surface area contributed by atoms with E-state index in [1.165, 1.54) is 12.1 Å². The van der Waals surface area contributed by atoms with Crippen LogP contribution in [0.1, 0.15) is 23.7 Å². The first-order valence-corrected chi connectivity index (χ1v) is 5.58. The topological polar surface area (TPSA) is 18.5 Å². The van der Waals surface area contributed by atoms with Crippen LogP contribution in [0, 0.1) is 0 Å². The number of hydrogen-bond acceptors (Lipinski definition) is 2. The van der Waals surface area contributed by atoms with Crippen LogP contribution in [-0.2, 0) is 15.2 Å². The van der Waals surface area contributed by atoms with Crippen molar-refractivity contribution in [1.29, 1.82) is 0 Å². The maximum atomic E-state index is 12.3. The lowest BCUT2D eigenvalue weighted by Gasteiger charge is -2.22. The van der Waals surface area contributed by atoms with Gasteiger partial charge < -0.3 is 9.05 Å². The molecule has 1 aromatic carbocycles. The van der Waals surface area contributed by atoms with Gasteiger partial charge in [-0.3, -0.25) is 0 Å². The van der Waals surface area contributed by atoms with Crippen molar-refractivity contribution in [2.45, 2.75) is 18.7 Å². The predicted molar refractivity (Wildman–Crippen MR) is 54.2 cm³/mol. The first-order chi connectivity index (χ1) is 7.57. The van der Waals surface area contributed by atoms with Gasteiger partial charge in [0.15, 0.2) is 9.03 Å². The fourth-order valence-corrected chi connectivity index (χ4v) is 2.12. The Balaban J connectivity index is 2.12. The van der Waals surface area contributed by atoms with Gasteiger partial charge in [-0.2, -0.15) is 13.2 Å². The Kier molecular flexibility index (Phi) is 3.47. The summed E-state index contributed by atoms with van der Waals surface area (Å²) >= 11 is 0. The summed E-state index contributed by atoms with van der Waals surface area (Å²) in [7, 11) is -0.0283. The Morgan fingerprint density at radius 2 is 1.88 bits per heavy atom. The van der Waals surface area contributed by atoms with Crippen molar-refractivity contribution >= 4 is 9.03 Å². The summed E-state index contributed by atoms with van der Waals surface area (Å²) < 4.78 is 47.3. The van der Waals surface area contributed by atoms with E-state index in [1.54, 1.807) is 0 Å². The van der Waals surface area contributed by atoms with E-state index >= 15 is 0 Å². The molecular weight excluding hydrogens is 240 g/mol.